The van der Waals surface area contributed by atoms with Crippen LogP contribution >= 0.6 is 0 Å². The minimum atomic E-state index is -0.672. The molecule has 0 aromatic carbocycles. The molecule has 0 aliphatic heterocycles. The Bertz CT molecular complexity index is 495. The number of carbonyl (C=O) groups is 2. The first-order valence-electron chi connectivity index (χ1n) is 5.41. The van der Waals surface area contributed by atoms with Gasteiger partial charge in [-0.3, -0.25) is 14.4 Å². The number of rotatable bonds is 5. The third kappa shape index (κ3) is 4.28. The lowest BCUT2D eigenvalue weighted by Crippen LogP contribution is -2.30. The van der Waals surface area contributed by atoms with Crippen molar-refractivity contribution >= 4 is 17.6 Å². The van der Waals surface area contributed by atoms with Gasteiger partial charge in [0.05, 0.1) is 0 Å². The standard InChI is InChI=1S/C11H15N3O4/c1-2-13-9(15)7-18-11(17)6-14-5-8(12)3-4-10(14)16/h3-5H,2,6-7,12H2,1H3,(H,13,15). The Morgan fingerprint density at radius 2 is 2.17 bits per heavy atom. The number of anilines is 1. The summed E-state index contributed by atoms with van der Waals surface area (Å²) in [6.07, 6.45) is 1.34. The third-order valence-electron chi connectivity index (χ3n) is 2.04. The van der Waals surface area contributed by atoms with Crippen LogP contribution in [0, 0.1) is 0 Å². The van der Waals surface area contributed by atoms with Gasteiger partial charge in [0.15, 0.2) is 6.61 Å². The Kier molecular flexibility index (Phi) is 4.91. The lowest BCUT2D eigenvalue weighted by Gasteiger charge is -2.07. The number of hydrogen-bond donors (Lipinski definition) is 2. The topological polar surface area (TPSA) is 103 Å². The number of nitrogens with zero attached hydrogens (tertiary/aromatic N) is 1. The first-order valence-corrected chi connectivity index (χ1v) is 5.41. The number of hydrogen-bond acceptors (Lipinski definition) is 5. The van der Waals surface area contributed by atoms with Crippen molar-refractivity contribution in [1.82, 2.24) is 9.88 Å². The molecule has 0 saturated heterocycles. The molecular formula is C11H15N3O4. The first kappa shape index (κ1) is 13.8. The number of amides is 1. The van der Waals surface area contributed by atoms with Crippen molar-refractivity contribution < 1.29 is 14.3 Å². The molecule has 3 N–H and O–H groups in total. The summed E-state index contributed by atoms with van der Waals surface area (Å²) in [5.41, 5.74) is 5.49. The fraction of sp³-hybridized carbons (Fsp3) is 0.364. The van der Waals surface area contributed by atoms with Crippen molar-refractivity contribution in [3.63, 3.8) is 0 Å². The minimum absolute atomic E-state index is 0.275. The molecule has 7 nitrogen and oxygen atoms in total. The molecular weight excluding hydrogens is 238 g/mol. The molecule has 1 heterocycles. The molecule has 0 saturated carbocycles. The quantitative estimate of drug-likeness (QED) is 0.662. The van der Waals surface area contributed by atoms with Gasteiger partial charge in [-0.2, -0.15) is 0 Å². The summed E-state index contributed by atoms with van der Waals surface area (Å²) in [5, 5.41) is 2.48. The van der Waals surface area contributed by atoms with E-state index in [4.69, 9.17) is 10.5 Å². The number of nitrogens with two attached hydrogens (primary N) is 1. The molecule has 1 aromatic rings. The number of pyridine rings is 1. The van der Waals surface area contributed by atoms with Crippen molar-refractivity contribution in [2.75, 3.05) is 18.9 Å². The number of nitrogen functional groups attached to an aromatic ring is 1. The highest BCUT2D eigenvalue weighted by Crippen LogP contribution is 1.96. The molecule has 0 fully saturated rings. The summed E-state index contributed by atoms with van der Waals surface area (Å²) in [4.78, 5) is 33.8. The summed E-state index contributed by atoms with van der Waals surface area (Å²) >= 11 is 0. The molecule has 98 valence electrons. The maximum atomic E-state index is 11.4. The van der Waals surface area contributed by atoms with Gasteiger partial charge in [-0.1, -0.05) is 0 Å². The van der Waals surface area contributed by atoms with Gasteiger partial charge >= 0.3 is 5.97 Å². The van der Waals surface area contributed by atoms with Gasteiger partial charge in [-0.25, -0.2) is 0 Å². The van der Waals surface area contributed by atoms with Gasteiger partial charge in [-0.05, 0) is 13.0 Å². The fourth-order valence-corrected chi connectivity index (χ4v) is 1.25. The van der Waals surface area contributed by atoms with E-state index >= 15 is 0 Å². The highest BCUT2D eigenvalue weighted by atomic mass is 16.5. The van der Waals surface area contributed by atoms with Crippen molar-refractivity contribution in [2.24, 2.45) is 0 Å². The number of nitrogens with one attached hydrogen (secondary N) is 1. The van der Waals surface area contributed by atoms with E-state index in [-0.39, 0.29) is 24.6 Å². The molecule has 0 atom stereocenters. The molecule has 0 unspecified atom stereocenters. The summed E-state index contributed by atoms with van der Waals surface area (Å²) < 4.78 is 5.82. The van der Waals surface area contributed by atoms with Crippen LogP contribution in [0.5, 0.6) is 0 Å². The predicted molar refractivity (Wildman–Crippen MR) is 64.8 cm³/mol. The molecule has 18 heavy (non-hydrogen) atoms. The van der Waals surface area contributed by atoms with Gasteiger partial charge in [0.2, 0.25) is 0 Å². The van der Waals surface area contributed by atoms with Crippen LogP contribution in [0.4, 0.5) is 5.69 Å². The molecule has 0 aliphatic rings. The van der Waals surface area contributed by atoms with E-state index < -0.39 is 5.97 Å². The zero-order chi connectivity index (χ0) is 13.5. The van der Waals surface area contributed by atoms with Crippen molar-refractivity contribution in [1.29, 1.82) is 0 Å². The predicted octanol–water partition coefficient (Wildman–Crippen LogP) is -0.890. The van der Waals surface area contributed by atoms with Crippen LogP contribution in [-0.4, -0.2) is 29.6 Å². The first-order chi connectivity index (χ1) is 8.52. The van der Waals surface area contributed by atoms with Crippen molar-refractivity contribution in [2.45, 2.75) is 13.5 Å². The van der Waals surface area contributed by atoms with Crippen LogP contribution in [0.1, 0.15) is 6.92 Å². The molecule has 1 rings (SSSR count). The summed E-state index contributed by atoms with van der Waals surface area (Å²) in [5.74, 6) is -1.06. The molecule has 1 aromatic heterocycles. The Hall–Kier alpha value is -2.31. The largest absolute Gasteiger partial charge is 0.454 e. The maximum Gasteiger partial charge on any atom is 0.326 e. The number of ether oxygens (including phenoxy) is 1. The van der Waals surface area contributed by atoms with Crippen LogP contribution in [0.3, 0.4) is 0 Å². The van der Waals surface area contributed by atoms with E-state index in [1.165, 1.54) is 18.3 Å². The van der Waals surface area contributed by atoms with Crippen LogP contribution in [-0.2, 0) is 20.9 Å². The normalized spacial score (nSPS) is 9.83. The summed E-state index contributed by atoms with van der Waals surface area (Å²) in [6.45, 7) is 1.59. The highest BCUT2D eigenvalue weighted by molar-refractivity contribution is 5.80. The number of esters is 1. The average molecular weight is 253 g/mol. The second kappa shape index (κ2) is 6.43. The maximum absolute atomic E-state index is 11.4. The van der Waals surface area contributed by atoms with Crippen LogP contribution in [0.25, 0.3) is 0 Å². The molecule has 0 radical (unpaired) electrons. The molecule has 0 spiro atoms. The van der Waals surface area contributed by atoms with E-state index in [0.717, 1.165) is 4.57 Å². The highest BCUT2D eigenvalue weighted by Gasteiger charge is 2.08. The van der Waals surface area contributed by atoms with Gasteiger partial charge in [0.1, 0.15) is 6.54 Å². The Morgan fingerprint density at radius 3 is 2.83 bits per heavy atom. The van der Waals surface area contributed by atoms with E-state index in [1.807, 2.05) is 0 Å². The zero-order valence-corrected chi connectivity index (χ0v) is 10.0. The lowest BCUT2D eigenvalue weighted by molar-refractivity contribution is -0.149. The van der Waals surface area contributed by atoms with Gasteiger partial charge in [0, 0.05) is 24.5 Å². The third-order valence-corrected chi connectivity index (χ3v) is 2.04. The van der Waals surface area contributed by atoms with Crippen LogP contribution in [0.2, 0.25) is 0 Å². The monoisotopic (exact) mass is 253 g/mol. The number of carbonyl (C=O) groups excluding carboxylic acids is 2. The van der Waals surface area contributed by atoms with Crippen LogP contribution < -0.4 is 16.6 Å². The molecule has 7 heteroatoms. The molecule has 0 bridgehead atoms. The SMILES string of the molecule is CCNC(=O)COC(=O)Cn1cc(N)ccc1=O. The van der Waals surface area contributed by atoms with E-state index in [0.29, 0.717) is 12.2 Å². The zero-order valence-electron chi connectivity index (χ0n) is 10.0. The lowest BCUT2D eigenvalue weighted by atomic mass is 10.4. The van der Waals surface area contributed by atoms with E-state index in [9.17, 15) is 14.4 Å². The second-order valence-corrected chi connectivity index (χ2v) is 3.54. The van der Waals surface area contributed by atoms with Gasteiger partial charge < -0.3 is 20.4 Å². The molecule has 1 amide bonds. The molecule has 0 aliphatic carbocycles. The minimum Gasteiger partial charge on any atom is -0.454 e. The van der Waals surface area contributed by atoms with Crippen molar-refractivity contribution in [3.05, 3.63) is 28.7 Å². The summed E-state index contributed by atoms with van der Waals surface area (Å²) in [6, 6.07) is 2.70. The Labute approximate surface area is 104 Å². The Balaban J connectivity index is 2.52. The average Bonchev–Trinajstić information content (AvgIpc) is 2.32. The second-order valence-electron chi connectivity index (χ2n) is 3.54. The van der Waals surface area contributed by atoms with Gasteiger partial charge in [-0.15, -0.1) is 0 Å². The summed E-state index contributed by atoms with van der Waals surface area (Å²) in [7, 11) is 0. The van der Waals surface area contributed by atoms with Crippen LogP contribution in [0.15, 0.2) is 23.1 Å². The number of aromatic nitrogens is 1. The smallest absolute Gasteiger partial charge is 0.326 e. The van der Waals surface area contributed by atoms with Crippen molar-refractivity contribution in [3.8, 4) is 0 Å². The van der Waals surface area contributed by atoms with Gasteiger partial charge in [0.25, 0.3) is 11.5 Å². The Morgan fingerprint density at radius 1 is 1.44 bits per heavy atom. The number of likely N-dealkylation sites (N-methyl/N-ethyl adjacent to an activating group) is 1. The van der Waals surface area contributed by atoms with E-state index in [1.54, 1.807) is 6.92 Å². The fourth-order valence-electron chi connectivity index (χ4n) is 1.25. The van der Waals surface area contributed by atoms with E-state index in [2.05, 4.69) is 5.32 Å².